The lowest BCUT2D eigenvalue weighted by molar-refractivity contribution is -0.301. The zero-order chi connectivity index (χ0) is 60.3. The molecule has 1 rings (SSSR count). The van der Waals surface area contributed by atoms with Crippen LogP contribution < -0.4 is 0 Å². The van der Waals surface area contributed by atoms with E-state index in [1.807, 2.05) is 0 Å². The number of carbonyl (C=O) groups is 4. The number of rotatable bonds is 57. The Balaban J connectivity index is 2.67. The van der Waals surface area contributed by atoms with Gasteiger partial charge in [0.15, 0.2) is 24.6 Å². The standard InChI is InChI=1S/C71H120O12/c1-4-7-10-13-16-19-22-25-28-30-32-34-37-39-42-45-48-51-54-57-63(72)79-60-62(81-64(73)58-55-52-49-46-43-41-38-35-33-31-29-26-23-20-17-14-11-8-5-2)61-80-71-69(67(76)66(75)68(83-71)70(77)78)82-65(74)59-56-53-50-47-44-40-36-27-24-21-18-15-12-9-6-3/h7,10,16,18-19,21,25-29,32,34,36,62,66-69,71,75-76H,4-6,8-9,11-15,17,20,22-24,30-31,33,35,37-61H2,1-3H3,(H,77,78)/b10-7-,19-16-,21-18-,28-25-,29-26-,34-32-,36-27-. The van der Waals surface area contributed by atoms with Crippen LogP contribution in [0.4, 0.5) is 0 Å². The fourth-order valence-corrected chi connectivity index (χ4v) is 9.80. The summed E-state index contributed by atoms with van der Waals surface area (Å²) in [5, 5.41) is 31.6. The molecule has 83 heavy (non-hydrogen) atoms. The van der Waals surface area contributed by atoms with Gasteiger partial charge < -0.3 is 39.0 Å². The zero-order valence-corrected chi connectivity index (χ0v) is 52.7. The number of carboxylic acid groups (broad SMARTS) is 1. The van der Waals surface area contributed by atoms with Crippen molar-refractivity contribution in [2.45, 2.75) is 327 Å². The highest BCUT2D eigenvalue weighted by Gasteiger charge is 2.50. The number of aliphatic carboxylic acids is 1. The Morgan fingerprint density at radius 1 is 0.410 bits per heavy atom. The summed E-state index contributed by atoms with van der Waals surface area (Å²) < 4.78 is 28.6. The molecule has 0 aromatic heterocycles. The van der Waals surface area contributed by atoms with Gasteiger partial charge in [-0.3, -0.25) is 14.4 Å². The predicted octanol–water partition coefficient (Wildman–Crippen LogP) is 18.2. The van der Waals surface area contributed by atoms with E-state index in [-0.39, 0.29) is 25.9 Å². The van der Waals surface area contributed by atoms with E-state index in [1.165, 1.54) is 96.3 Å². The lowest BCUT2D eigenvalue weighted by Crippen LogP contribution is -2.61. The third kappa shape index (κ3) is 47.8. The van der Waals surface area contributed by atoms with Crippen molar-refractivity contribution < 1.29 is 58.2 Å². The molecule has 1 heterocycles. The maximum absolute atomic E-state index is 13.2. The van der Waals surface area contributed by atoms with Crippen molar-refractivity contribution in [3.8, 4) is 0 Å². The third-order valence-corrected chi connectivity index (χ3v) is 14.9. The van der Waals surface area contributed by atoms with E-state index in [9.17, 15) is 34.5 Å². The van der Waals surface area contributed by atoms with Crippen molar-refractivity contribution in [3.63, 3.8) is 0 Å². The summed E-state index contributed by atoms with van der Waals surface area (Å²) in [7, 11) is 0. The van der Waals surface area contributed by atoms with Crippen molar-refractivity contribution in [1.82, 2.24) is 0 Å². The van der Waals surface area contributed by atoms with E-state index < -0.39 is 67.3 Å². The van der Waals surface area contributed by atoms with Gasteiger partial charge in [0.1, 0.15) is 18.8 Å². The van der Waals surface area contributed by atoms with Crippen molar-refractivity contribution in [2.24, 2.45) is 0 Å². The van der Waals surface area contributed by atoms with Crippen LogP contribution in [-0.2, 0) is 42.9 Å². The number of ether oxygens (including phenoxy) is 5. The first kappa shape index (κ1) is 76.9. The average Bonchev–Trinajstić information content (AvgIpc) is 3.58. The lowest BCUT2D eigenvalue weighted by atomic mass is 9.98. The smallest absolute Gasteiger partial charge is 0.335 e. The number of allylic oxidation sites excluding steroid dienone is 14. The number of esters is 3. The molecule has 0 spiro atoms. The largest absolute Gasteiger partial charge is 0.479 e. The Morgan fingerprint density at radius 2 is 0.759 bits per heavy atom. The molecule has 0 amide bonds. The molecule has 0 aromatic rings. The number of aliphatic hydroxyl groups is 2. The maximum atomic E-state index is 13.2. The van der Waals surface area contributed by atoms with Gasteiger partial charge >= 0.3 is 23.9 Å². The molecule has 1 fully saturated rings. The fourth-order valence-electron chi connectivity index (χ4n) is 9.80. The monoisotopic (exact) mass is 1160 g/mol. The van der Waals surface area contributed by atoms with Gasteiger partial charge in [0, 0.05) is 19.3 Å². The molecule has 6 atom stereocenters. The van der Waals surface area contributed by atoms with E-state index >= 15 is 0 Å². The van der Waals surface area contributed by atoms with Crippen molar-refractivity contribution in [3.05, 3.63) is 85.1 Å². The summed E-state index contributed by atoms with van der Waals surface area (Å²) in [6.07, 6.45) is 63.9. The van der Waals surface area contributed by atoms with Crippen molar-refractivity contribution >= 4 is 23.9 Å². The highest BCUT2D eigenvalue weighted by molar-refractivity contribution is 5.74. The average molecular weight is 1170 g/mol. The van der Waals surface area contributed by atoms with Gasteiger partial charge in [-0.1, -0.05) is 241 Å². The van der Waals surface area contributed by atoms with Gasteiger partial charge in [0.2, 0.25) is 0 Å². The second-order valence-corrected chi connectivity index (χ2v) is 22.7. The topological polar surface area (TPSA) is 175 Å². The molecular formula is C71H120O12. The minimum Gasteiger partial charge on any atom is -0.479 e. The molecule has 1 aliphatic rings. The summed E-state index contributed by atoms with van der Waals surface area (Å²) in [4.78, 5) is 51.4. The second kappa shape index (κ2) is 58.3. The van der Waals surface area contributed by atoms with E-state index in [0.29, 0.717) is 19.3 Å². The SMILES string of the molecule is CC/C=C\C/C=C\C/C=C\C/C=C\CCCCCCCCC(=O)OCC(COC1OC(C(=O)O)C(O)C(O)C1OC(=O)CCCCCCC/C=C\C/C=C\CCCCC)OC(=O)CCCCCCCCCCC/C=C\CCCCCCCC. The summed E-state index contributed by atoms with van der Waals surface area (Å²) in [5.41, 5.74) is 0. The molecule has 12 heteroatoms. The molecular weight excluding hydrogens is 1040 g/mol. The molecule has 0 radical (unpaired) electrons. The van der Waals surface area contributed by atoms with Crippen LogP contribution in [0.1, 0.15) is 290 Å². The first-order valence-electron chi connectivity index (χ1n) is 33.6. The normalized spacial score (nSPS) is 18.1. The first-order chi connectivity index (χ1) is 40.6. The van der Waals surface area contributed by atoms with Gasteiger partial charge in [-0.05, 0) is 116 Å². The Morgan fingerprint density at radius 3 is 1.19 bits per heavy atom. The second-order valence-electron chi connectivity index (χ2n) is 22.7. The molecule has 12 nitrogen and oxygen atoms in total. The number of hydrogen-bond acceptors (Lipinski definition) is 11. The van der Waals surface area contributed by atoms with Crippen LogP contribution in [-0.4, -0.2) is 89.2 Å². The fraction of sp³-hybridized carbons (Fsp3) is 0.746. The highest BCUT2D eigenvalue weighted by Crippen LogP contribution is 2.27. The van der Waals surface area contributed by atoms with E-state index in [0.717, 1.165) is 135 Å². The zero-order valence-electron chi connectivity index (χ0n) is 52.7. The van der Waals surface area contributed by atoms with Crippen LogP contribution in [0.3, 0.4) is 0 Å². The van der Waals surface area contributed by atoms with Crippen molar-refractivity contribution in [2.75, 3.05) is 13.2 Å². The summed E-state index contributed by atoms with van der Waals surface area (Å²) in [6, 6.07) is 0. The molecule has 3 N–H and O–H groups in total. The van der Waals surface area contributed by atoms with Crippen LogP contribution in [0.5, 0.6) is 0 Å². The van der Waals surface area contributed by atoms with Crippen LogP contribution in [0.2, 0.25) is 0 Å². The van der Waals surface area contributed by atoms with Crippen molar-refractivity contribution in [1.29, 1.82) is 0 Å². The number of hydrogen-bond donors (Lipinski definition) is 3. The summed E-state index contributed by atoms with van der Waals surface area (Å²) in [6.45, 7) is 5.86. The van der Waals surface area contributed by atoms with Gasteiger partial charge in [-0.15, -0.1) is 0 Å². The van der Waals surface area contributed by atoms with Crippen LogP contribution in [0, 0.1) is 0 Å². The molecule has 0 aromatic carbocycles. The molecule has 6 unspecified atom stereocenters. The maximum Gasteiger partial charge on any atom is 0.335 e. The summed E-state index contributed by atoms with van der Waals surface area (Å²) in [5.74, 6) is -3.15. The van der Waals surface area contributed by atoms with Crippen LogP contribution in [0.25, 0.3) is 0 Å². The first-order valence-corrected chi connectivity index (χ1v) is 33.6. The molecule has 0 bridgehead atoms. The quantitative estimate of drug-likeness (QED) is 0.0228. The minimum absolute atomic E-state index is 0.0409. The third-order valence-electron chi connectivity index (χ3n) is 14.9. The van der Waals surface area contributed by atoms with Gasteiger partial charge in [0.05, 0.1) is 6.61 Å². The highest BCUT2D eigenvalue weighted by atomic mass is 16.7. The van der Waals surface area contributed by atoms with Crippen LogP contribution >= 0.6 is 0 Å². The Kier molecular flexibility index (Phi) is 54.0. The number of carboxylic acids is 1. The van der Waals surface area contributed by atoms with Gasteiger partial charge in [-0.2, -0.15) is 0 Å². The Hall–Kier alpha value is -4.10. The van der Waals surface area contributed by atoms with Crippen LogP contribution in [0.15, 0.2) is 85.1 Å². The molecule has 0 aliphatic carbocycles. The lowest BCUT2D eigenvalue weighted by Gasteiger charge is -2.40. The van der Waals surface area contributed by atoms with E-state index in [4.69, 9.17) is 23.7 Å². The van der Waals surface area contributed by atoms with Gasteiger partial charge in [0.25, 0.3) is 0 Å². The van der Waals surface area contributed by atoms with E-state index in [1.54, 1.807) is 0 Å². The number of aliphatic hydroxyl groups excluding tert-OH is 2. The Labute approximate surface area is 505 Å². The molecule has 1 aliphatic heterocycles. The van der Waals surface area contributed by atoms with E-state index in [2.05, 4.69) is 106 Å². The number of unbranched alkanes of at least 4 members (excludes halogenated alkanes) is 29. The molecule has 0 saturated carbocycles. The summed E-state index contributed by atoms with van der Waals surface area (Å²) >= 11 is 0. The minimum atomic E-state index is -1.91. The molecule has 476 valence electrons. The number of carbonyl (C=O) groups excluding carboxylic acids is 3. The predicted molar refractivity (Wildman–Crippen MR) is 340 cm³/mol. The molecule has 1 saturated heterocycles. The van der Waals surface area contributed by atoms with Gasteiger partial charge in [-0.25, -0.2) is 4.79 Å². The Bertz CT molecular complexity index is 1760.